The fraction of sp³-hybridized carbons (Fsp3) is 0.727. The summed E-state index contributed by atoms with van der Waals surface area (Å²) in [7, 11) is 0. The van der Waals surface area contributed by atoms with E-state index < -0.39 is 0 Å². The summed E-state index contributed by atoms with van der Waals surface area (Å²) in [6.07, 6.45) is 7.70. The number of piperidine rings is 1. The van der Waals surface area contributed by atoms with Gasteiger partial charge < -0.3 is 9.64 Å². The Labute approximate surface area is 148 Å². The summed E-state index contributed by atoms with van der Waals surface area (Å²) in [5.74, 6) is 0.712. The molecule has 2 heteroatoms. The van der Waals surface area contributed by atoms with E-state index in [0.29, 0.717) is 11.3 Å². The van der Waals surface area contributed by atoms with Crippen molar-refractivity contribution in [3.05, 3.63) is 35.9 Å². The lowest BCUT2D eigenvalue weighted by atomic mass is 9.63. The Morgan fingerprint density at radius 2 is 1.75 bits per heavy atom. The second kappa shape index (κ2) is 7.58. The van der Waals surface area contributed by atoms with Crippen LogP contribution in [0.4, 0.5) is 0 Å². The minimum Gasteiger partial charge on any atom is -0.369 e. The average molecular weight is 330 g/mol. The van der Waals surface area contributed by atoms with E-state index >= 15 is 0 Å². The third-order valence-electron chi connectivity index (χ3n) is 5.88. The molecule has 2 atom stereocenters. The summed E-state index contributed by atoms with van der Waals surface area (Å²) < 4.78 is 6.72. The van der Waals surface area contributed by atoms with Crippen molar-refractivity contribution < 1.29 is 4.74 Å². The first-order valence-electron chi connectivity index (χ1n) is 9.91. The first-order valence-corrected chi connectivity index (χ1v) is 9.91. The Morgan fingerprint density at radius 3 is 2.42 bits per heavy atom. The van der Waals surface area contributed by atoms with E-state index in [1.54, 1.807) is 0 Å². The van der Waals surface area contributed by atoms with Crippen molar-refractivity contribution in [1.82, 2.24) is 4.90 Å². The van der Waals surface area contributed by atoms with Crippen LogP contribution in [0.5, 0.6) is 0 Å². The fourth-order valence-electron chi connectivity index (χ4n) is 5.20. The molecule has 24 heavy (non-hydrogen) atoms. The van der Waals surface area contributed by atoms with Crippen LogP contribution in [0.15, 0.2) is 30.3 Å². The highest BCUT2D eigenvalue weighted by atomic mass is 16.5. The van der Waals surface area contributed by atoms with Gasteiger partial charge in [0.1, 0.15) is 0 Å². The normalized spacial score (nSPS) is 31.0. The van der Waals surface area contributed by atoms with Crippen LogP contribution in [0.1, 0.15) is 64.9 Å². The monoisotopic (exact) mass is 329 g/mol. The van der Waals surface area contributed by atoms with Gasteiger partial charge in [-0.25, -0.2) is 0 Å². The molecule has 1 aromatic rings. The Hall–Kier alpha value is -0.860. The van der Waals surface area contributed by atoms with Crippen LogP contribution in [0.2, 0.25) is 0 Å². The quantitative estimate of drug-likeness (QED) is 0.733. The van der Waals surface area contributed by atoms with Crippen LogP contribution in [0.25, 0.3) is 0 Å². The summed E-state index contributed by atoms with van der Waals surface area (Å²) in [4.78, 5) is 2.58. The maximum absolute atomic E-state index is 6.72. The Morgan fingerprint density at radius 1 is 1.04 bits per heavy atom. The van der Waals surface area contributed by atoms with Gasteiger partial charge >= 0.3 is 0 Å². The van der Waals surface area contributed by atoms with Crippen LogP contribution >= 0.6 is 0 Å². The van der Waals surface area contributed by atoms with E-state index in [1.807, 2.05) is 0 Å². The van der Waals surface area contributed by atoms with Gasteiger partial charge in [0.05, 0.1) is 12.2 Å². The van der Waals surface area contributed by atoms with Gasteiger partial charge in [-0.05, 0) is 62.1 Å². The summed E-state index contributed by atoms with van der Waals surface area (Å²) in [6.45, 7) is 11.7. The van der Waals surface area contributed by atoms with Gasteiger partial charge in [-0.1, -0.05) is 57.5 Å². The second-order valence-electron chi connectivity index (χ2n) is 8.97. The molecule has 1 heterocycles. The first kappa shape index (κ1) is 17.9. The minimum absolute atomic E-state index is 0.0990. The predicted octanol–water partition coefficient (Wildman–Crippen LogP) is 5.23. The lowest BCUT2D eigenvalue weighted by Gasteiger charge is -2.48. The van der Waals surface area contributed by atoms with Crippen molar-refractivity contribution in [2.45, 2.75) is 64.9 Å². The summed E-state index contributed by atoms with van der Waals surface area (Å²) in [6, 6.07) is 11.0. The molecule has 0 N–H and O–H groups in total. The first-order chi connectivity index (χ1) is 11.5. The maximum Gasteiger partial charge on any atom is 0.0939 e. The molecule has 2 fully saturated rings. The SMILES string of the molecule is C[C@@H]1CC(C)(C)C[C@@](OCCN2CCCCC2)(c2ccccc2)C1. The molecule has 0 unspecified atom stereocenters. The molecule has 0 radical (unpaired) electrons. The summed E-state index contributed by atoms with van der Waals surface area (Å²) >= 11 is 0. The molecular weight excluding hydrogens is 294 g/mol. The van der Waals surface area contributed by atoms with Crippen LogP contribution in [-0.2, 0) is 10.3 Å². The van der Waals surface area contributed by atoms with E-state index in [4.69, 9.17) is 4.74 Å². The van der Waals surface area contributed by atoms with Gasteiger partial charge in [0.2, 0.25) is 0 Å². The highest BCUT2D eigenvalue weighted by Gasteiger charge is 2.44. The van der Waals surface area contributed by atoms with Crippen molar-refractivity contribution in [3.63, 3.8) is 0 Å². The molecule has 1 saturated carbocycles. The van der Waals surface area contributed by atoms with Gasteiger partial charge in [-0.3, -0.25) is 0 Å². The fourth-order valence-corrected chi connectivity index (χ4v) is 5.20. The second-order valence-corrected chi connectivity index (χ2v) is 8.97. The maximum atomic E-state index is 6.72. The average Bonchev–Trinajstić information content (AvgIpc) is 2.55. The Kier molecular flexibility index (Phi) is 5.66. The van der Waals surface area contributed by atoms with Crippen molar-refractivity contribution in [1.29, 1.82) is 0 Å². The number of likely N-dealkylation sites (tertiary alicyclic amines) is 1. The largest absolute Gasteiger partial charge is 0.369 e. The number of rotatable bonds is 5. The van der Waals surface area contributed by atoms with Gasteiger partial charge in [0.15, 0.2) is 0 Å². The molecule has 1 saturated heterocycles. The smallest absolute Gasteiger partial charge is 0.0939 e. The van der Waals surface area contributed by atoms with Gasteiger partial charge in [0, 0.05) is 6.54 Å². The van der Waals surface area contributed by atoms with Crippen molar-refractivity contribution >= 4 is 0 Å². The number of benzene rings is 1. The van der Waals surface area contributed by atoms with Crippen molar-refractivity contribution in [2.75, 3.05) is 26.2 Å². The molecule has 1 aliphatic heterocycles. The number of nitrogens with zero attached hydrogens (tertiary/aromatic N) is 1. The highest BCUT2D eigenvalue weighted by Crippen LogP contribution is 2.50. The van der Waals surface area contributed by atoms with Crippen LogP contribution in [-0.4, -0.2) is 31.1 Å². The third kappa shape index (κ3) is 4.40. The molecule has 0 aromatic heterocycles. The van der Waals surface area contributed by atoms with E-state index in [1.165, 1.54) is 44.3 Å². The lowest BCUT2D eigenvalue weighted by Crippen LogP contribution is -2.43. The van der Waals surface area contributed by atoms with Gasteiger partial charge in [-0.2, -0.15) is 0 Å². The standard InChI is InChI=1S/C22H35NO/c1-19-16-21(2,3)18-22(17-19,20-10-6-4-7-11-20)24-15-14-23-12-8-5-9-13-23/h4,6-7,10-11,19H,5,8-9,12-18H2,1-3H3/t19-,22-/m1/s1. The molecule has 3 rings (SSSR count). The van der Waals surface area contributed by atoms with E-state index in [0.717, 1.165) is 26.0 Å². The third-order valence-corrected chi connectivity index (χ3v) is 5.88. The zero-order valence-corrected chi connectivity index (χ0v) is 15.9. The molecule has 1 aromatic carbocycles. The van der Waals surface area contributed by atoms with E-state index in [2.05, 4.69) is 56.0 Å². The Bertz CT molecular complexity index is 506. The van der Waals surface area contributed by atoms with Crippen LogP contribution < -0.4 is 0 Å². The minimum atomic E-state index is -0.0990. The van der Waals surface area contributed by atoms with Crippen LogP contribution in [0, 0.1) is 11.3 Å². The summed E-state index contributed by atoms with van der Waals surface area (Å²) in [5.41, 5.74) is 1.62. The molecule has 134 valence electrons. The number of hydrogen-bond acceptors (Lipinski definition) is 2. The van der Waals surface area contributed by atoms with Gasteiger partial charge in [0.25, 0.3) is 0 Å². The van der Waals surface area contributed by atoms with Crippen molar-refractivity contribution in [2.24, 2.45) is 11.3 Å². The van der Waals surface area contributed by atoms with E-state index in [9.17, 15) is 0 Å². The highest BCUT2D eigenvalue weighted by molar-refractivity contribution is 5.24. The molecule has 0 bridgehead atoms. The zero-order chi connectivity index (χ0) is 17.0. The number of hydrogen-bond donors (Lipinski definition) is 0. The zero-order valence-electron chi connectivity index (χ0n) is 15.9. The molecule has 2 nitrogen and oxygen atoms in total. The number of ether oxygens (including phenoxy) is 1. The van der Waals surface area contributed by atoms with Gasteiger partial charge in [-0.15, -0.1) is 0 Å². The predicted molar refractivity (Wildman–Crippen MR) is 101 cm³/mol. The topological polar surface area (TPSA) is 12.5 Å². The summed E-state index contributed by atoms with van der Waals surface area (Å²) in [5, 5.41) is 0. The lowest BCUT2D eigenvalue weighted by molar-refractivity contribution is -0.121. The van der Waals surface area contributed by atoms with E-state index in [-0.39, 0.29) is 5.60 Å². The van der Waals surface area contributed by atoms with Crippen molar-refractivity contribution in [3.8, 4) is 0 Å². The molecule has 1 aliphatic carbocycles. The molecule has 2 aliphatic rings. The van der Waals surface area contributed by atoms with Crippen LogP contribution in [0.3, 0.4) is 0 Å². The molecule has 0 amide bonds. The molecular formula is C22H35NO. The Balaban J connectivity index is 1.72. The molecule has 0 spiro atoms.